The molecule has 2 aromatic carbocycles. The van der Waals surface area contributed by atoms with Gasteiger partial charge in [0, 0.05) is 0 Å². The summed E-state index contributed by atoms with van der Waals surface area (Å²) in [6.07, 6.45) is 0. The van der Waals surface area contributed by atoms with Crippen molar-refractivity contribution >= 4 is 17.4 Å². The first-order valence-corrected chi connectivity index (χ1v) is 6.02. The SMILES string of the molecule is Cc1ccc(F)c(C(=O)C(Cl)c2ccccc2)c1. The van der Waals surface area contributed by atoms with Crippen LogP contribution in [0.2, 0.25) is 0 Å². The first-order valence-electron chi connectivity index (χ1n) is 5.59. The van der Waals surface area contributed by atoms with Gasteiger partial charge in [-0.25, -0.2) is 4.39 Å². The van der Waals surface area contributed by atoms with Crippen molar-refractivity contribution in [3.05, 3.63) is 71.0 Å². The second kappa shape index (κ2) is 5.32. The number of ketones is 1. The molecule has 0 bridgehead atoms. The molecule has 18 heavy (non-hydrogen) atoms. The molecule has 2 aromatic rings. The average molecular weight is 263 g/mol. The first-order chi connectivity index (χ1) is 8.59. The van der Waals surface area contributed by atoms with E-state index in [9.17, 15) is 9.18 Å². The Morgan fingerprint density at radius 2 is 1.83 bits per heavy atom. The van der Waals surface area contributed by atoms with Crippen LogP contribution in [0.3, 0.4) is 0 Å². The van der Waals surface area contributed by atoms with E-state index in [1.54, 1.807) is 30.3 Å². The predicted octanol–water partition coefficient (Wildman–Crippen LogP) is 4.30. The number of benzene rings is 2. The molecule has 0 aromatic heterocycles. The summed E-state index contributed by atoms with van der Waals surface area (Å²) in [6.45, 7) is 1.81. The van der Waals surface area contributed by atoms with Crippen molar-refractivity contribution in [2.45, 2.75) is 12.3 Å². The lowest BCUT2D eigenvalue weighted by Crippen LogP contribution is -2.09. The van der Waals surface area contributed by atoms with Crippen molar-refractivity contribution in [1.29, 1.82) is 0 Å². The fraction of sp³-hybridized carbons (Fsp3) is 0.133. The number of carbonyl (C=O) groups is 1. The van der Waals surface area contributed by atoms with Crippen LogP contribution in [0.1, 0.15) is 26.9 Å². The second-order valence-electron chi connectivity index (χ2n) is 4.12. The highest BCUT2D eigenvalue weighted by Gasteiger charge is 2.22. The minimum atomic E-state index is -0.859. The van der Waals surface area contributed by atoms with E-state index in [2.05, 4.69) is 0 Å². The lowest BCUT2D eigenvalue weighted by molar-refractivity contribution is 0.0983. The van der Waals surface area contributed by atoms with Gasteiger partial charge in [0.15, 0.2) is 5.78 Å². The number of aryl methyl sites for hydroxylation is 1. The minimum absolute atomic E-state index is 0.0406. The van der Waals surface area contributed by atoms with Gasteiger partial charge in [-0.15, -0.1) is 11.6 Å². The number of hydrogen-bond donors (Lipinski definition) is 0. The Bertz CT molecular complexity index is 566. The van der Waals surface area contributed by atoms with E-state index >= 15 is 0 Å². The van der Waals surface area contributed by atoms with Gasteiger partial charge in [-0.05, 0) is 24.6 Å². The van der Waals surface area contributed by atoms with Gasteiger partial charge in [-0.1, -0.05) is 42.0 Å². The molecule has 92 valence electrons. The third kappa shape index (κ3) is 2.59. The van der Waals surface area contributed by atoms with E-state index in [0.717, 1.165) is 5.56 Å². The van der Waals surface area contributed by atoms with Crippen molar-refractivity contribution in [3.8, 4) is 0 Å². The summed E-state index contributed by atoms with van der Waals surface area (Å²) in [4.78, 5) is 12.1. The smallest absolute Gasteiger partial charge is 0.188 e. The predicted molar refractivity (Wildman–Crippen MR) is 70.5 cm³/mol. The Morgan fingerprint density at radius 1 is 1.17 bits per heavy atom. The number of halogens is 2. The lowest BCUT2D eigenvalue weighted by Gasteiger charge is -2.10. The van der Waals surface area contributed by atoms with Gasteiger partial charge >= 0.3 is 0 Å². The lowest BCUT2D eigenvalue weighted by atomic mass is 10.0. The Kier molecular flexibility index (Phi) is 3.78. The highest BCUT2D eigenvalue weighted by molar-refractivity contribution is 6.33. The largest absolute Gasteiger partial charge is 0.292 e. The summed E-state index contributed by atoms with van der Waals surface area (Å²) < 4.78 is 13.6. The van der Waals surface area contributed by atoms with Crippen LogP contribution in [0.15, 0.2) is 48.5 Å². The maximum atomic E-state index is 13.6. The molecule has 0 spiro atoms. The molecule has 1 unspecified atom stereocenters. The van der Waals surface area contributed by atoms with Crippen molar-refractivity contribution in [3.63, 3.8) is 0 Å². The van der Waals surface area contributed by atoms with Crippen LogP contribution in [0.25, 0.3) is 0 Å². The Labute approximate surface area is 110 Å². The molecule has 2 rings (SSSR count). The third-order valence-corrected chi connectivity index (χ3v) is 3.16. The second-order valence-corrected chi connectivity index (χ2v) is 4.56. The maximum absolute atomic E-state index is 13.6. The van der Waals surface area contributed by atoms with Gasteiger partial charge in [0.1, 0.15) is 11.2 Å². The summed E-state index contributed by atoms with van der Waals surface area (Å²) in [5.74, 6) is -0.948. The fourth-order valence-corrected chi connectivity index (χ4v) is 2.00. The van der Waals surface area contributed by atoms with Gasteiger partial charge < -0.3 is 0 Å². The van der Waals surface area contributed by atoms with E-state index < -0.39 is 17.0 Å². The van der Waals surface area contributed by atoms with Gasteiger partial charge in [0.2, 0.25) is 0 Å². The number of hydrogen-bond acceptors (Lipinski definition) is 1. The zero-order chi connectivity index (χ0) is 13.1. The monoisotopic (exact) mass is 262 g/mol. The van der Waals surface area contributed by atoms with Crippen LogP contribution in [-0.2, 0) is 0 Å². The van der Waals surface area contributed by atoms with Crippen LogP contribution >= 0.6 is 11.6 Å². The van der Waals surface area contributed by atoms with Gasteiger partial charge in [-0.3, -0.25) is 4.79 Å². The molecular weight excluding hydrogens is 251 g/mol. The first kappa shape index (κ1) is 12.8. The molecule has 0 aliphatic rings. The molecule has 0 radical (unpaired) electrons. The standard InChI is InChI=1S/C15H12ClFO/c1-10-7-8-13(17)12(9-10)15(18)14(16)11-5-3-2-4-6-11/h2-9,14H,1H3. The normalized spacial score (nSPS) is 12.2. The number of carbonyl (C=O) groups excluding carboxylic acids is 1. The quantitative estimate of drug-likeness (QED) is 0.595. The Balaban J connectivity index is 2.34. The van der Waals surface area contributed by atoms with E-state index in [4.69, 9.17) is 11.6 Å². The topological polar surface area (TPSA) is 17.1 Å². The summed E-state index contributed by atoms with van der Waals surface area (Å²) in [6, 6.07) is 13.4. The Hall–Kier alpha value is -1.67. The molecule has 0 aliphatic heterocycles. The zero-order valence-corrected chi connectivity index (χ0v) is 10.6. The van der Waals surface area contributed by atoms with E-state index in [1.165, 1.54) is 12.1 Å². The molecule has 0 amide bonds. The number of alkyl halides is 1. The molecule has 3 heteroatoms. The zero-order valence-electron chi connectivity index (χ0n) is 9.86. The van der Waals surface area contributed by atoms with E-state index in [0.29, 0.717) is 5.56 Å². The fourth-order valence-electron chi connectivity index (χ4n) is 1.74. The van der Waals surface area contributed by atoms with Crippen molar-refractivity contribution in [1.82, 2.24) is 0 Å². The maximum Gasteiger partial charge on any atom is 0.188 e. The van der Waals surface area contributed by atoms with Crippen LogP contribution in [0.5, 0.6) is 0 Å². The average Bonchev–Trinajstić information content (AvgIpc) is 2.41. The molecule has 1 atom stereocenters. The van der Waals surface area contributed by atoms with E-state index in [-0.39, 0.29) is 5.56 Å². The summed E-state index contributed by atoms with van der Waals surface area (Å²) in [5, 5.41) is -0.859. The minimum Gasteiger partial charge on any atom is -0.292 e. The van der Waals surface area contributed by atoms with Gasteiger partial charge in [0.25, 0.3) is 0 Å². The number of rotatable bonds is 3. The summed E-state index contributed by atoms with van der Waals surface area (Å²) in [5.41, 5.74) is 1.54. The van der Waals surface area contributed by atoms with Crippen LogP contribution < -0.4 is 0 Å². The Morgan fingerprint density at radius 3 is 2.50 bits per heavy atom. The van der Waals surface area contributed by atoms with Crippen LogP contribution in [0, 0.1) is 12.7 Å². The van der Waals surface area contributed by atoms with Gasteiger partial charge in [-0.2, -0.15) is 0 Å². The van der Waals surface area contributed by atoms with Crippen LogP contribution in [0.4, 0.5) is 4.39 Å². The van der Waals surface area contributed by atoms with Crippen molar-refractivity contribution in [2.24, 2.45) is 0 Å². The molecule has 0 heterocycles. The molecule has 0 aliphatic carbocycles. The number of Topliss-reactive ketones (excluding diaryl/α,β-unsaturated/α-hetero) is 1. The molecule has 0 N–H and O–H groups in total. The molecule has 1 nitrogen and oxygen atoms in total. The van der Waals surface area contributed by atoms with Crippen molar-refractivity contribution < 1.29 is 9.18 Å². The molecule has 0 saturated carbocycles. The molecular formula is C15H12ClFO. The van der Waals surface area contributed by atoms with Crippen LogP contribution in [-0.4, -0.2) is 5.78 Å². The third-order valence-electron chi connectivity index (χ3n) is 2.71. The summed E-state index contributed by atoms with van der Waals surface area (Å²) in [7, 11) is 0. The summed E-state index contributed by atoms with van der Waals surface area (Å²) >= 11 is 6.10. The highest BCUT2D eigenvalue weighted by Crippen LogP contribution is 2.26. The van der Waals surface area contributed by atoms with E-state index in [1.807, 2.05) is 13.0 Å². The molecule has 0 saturated heterocycles. The van der Waals surface area contributed by atoms with Gasteiger partial charge in [0.05, 0.1) is 5.56 Å². The molecule has 0 fully saturated rings. The highest BCUT2D eigenvalue weighted by atomic mass is 35.5. The van der Waals surface area contributed by atoms with Crippen molar-refractivity contribution in [2.75, 3.05) is 0 Å².